The fourth-order valence-electron chi connectivity index (χ4n) is 2.02. The molecule has 1 amide bonds. The van der Waals surface area contributed by atoms with Crippen LogP contribution in [-0.2, 0) is 4.79 Å². The molecule has 1 atom stereocenters. The molecule has 0 aromatic rings. The van der Waals surface area contributed by atoms with Crippen molar-refractivity contribution in [2.45, 2.75) is 57.0 Å². The minimum atomic E-state index is -0.694. The topological polar surface area (TPSA) is 75.3 Å². The van der Waals surface area contributed by atoms with Crippen molar-refractivity contribution in [2.24, 2.45) is 5.73 Å². The first-order valence-corrected chi connectivity index (χ1v) is 5.83. The summed E-state index contributed by atoms with van der Waals surface area (Å²) >= 11 is 0. The van der Waals surface area contributed by atoms with Crippen LogP contribution in [0.25, 0.3) is 0 Å². The fraction of sp³-hybridized carbons (Fsp3) is 0.909. The van der Waals surface area contributed by atoms with Gasteiger partial charge in [-0.2, -0.15) is 0 Å². The van der Waals surface area contributed by atoms with E-state index in [-0.39, 0.29) is 18.6 Å². The van der Waals surface area contributed by atoms with Crippen LogP contribution in [0.2, 0.25) is 0 Å². The Morgan fingerprint density at radius 3 is 2.53 bits per heavy atom. The molecule has 0 aliphatic heterocycles. The van der Waals surface area contributed by atoms with Gasteiger partial charge in [0.15, 0.2) is 0 Å². The van der Waals surface area contributed by atoms with E-state index in [1.165, 1.54) is 6.42 Å². The maximum atomic E-state index is 11.9. The molecule has 15 heavy (non-hydrogen) atoms. The molecule has 0 bridgehead atoms. The minimum Gasteiger partial charge on any atom is -0.394 e. The Hall–Kier alpha value is -0.610. The predicted octanol–water partition coefficient (Wildman–Crippen LogP) is 0.535. The maximum absolute atomic E-state index is 11.9. The van der Waals surface area contributed by atoms with Gasteiger partial charge in [0.05, 0.1) is 18.2 Å². The van der Waals surface area contributed by atoms with Crippen LogP contribution in [0.5, 0.6) is 0 Å². The summed E-state index contributed by atoms with van der Waals surface area (Å²) < 4.78 is 0. The summed E-state index contributed by atoms with van der Waals surface area (Å²) in [5.41, 5.74) is 5.37. The molecule has 1 aliphatic rings. The van der Waals surface area contributed by atoms with Crippen molar-refractivity contribution in [3.05, 3.63) is 0 Å². The Kier molecular flexibility index (Phi) is 4.54. The van der Waals surface area contributed by atoms with Crippen LogP contribution in [0.1, 0.15) is 45.4 Å². The third-order valence-corrected chi connectivity index (χ3v) is 3.25. The SMILES string of the molecule is CC[C@H](CO)NC(=O)C1(N)CCCCC1. The van der Waals surface area contributed by atoms with Crippen LogP contribution in [0, 0.1) is 0 Å². The monoisotopic (exact) mass is 214 g/mol. The van der Waals surface area contributed by atoms with Gasteiger partial charge in [-0.05, 0) is 19.3 Å². The molecule has 4 N–H and O–H groups in total. The summed E-state index contributed by atoms with van der Waals surface area (Å²) in [6, 6.07) is -0.153. The van der Waals surface area contributed by atoms with Crippen molar-refractivity contribution in [1.82, 2.24) is 5.32 Å². The predicted molar refractivity (Wildman–Crippen MR) is 59.3 cm³/mol. The first-order chi connectivity index (χ1) is 7.12. The van der Waals surface area contributed by atoms with Gasteiger partial charge in [0, 0.05) is 0 Å². The molecule has 0 heterocycles. The first kappa shape index (κ1) is 12.5. The Labute approximate surface area is 91.2 Å². The summed E-state index contributed by atoms with van der Waals surface area (Å²) in [4.78, 5) is 11.9. The van der Waals surface area contributed by atoms with E-state index in [9.17, 15) is 4.79 Å². The van der Waals surface area contributed by atoms with E-state index in [1.807, 2.05) is 6.92 Å². The number of hydrogen-bond donors (Lipinski definition) is 3. The molecule has 4 nitrogen and oxygen atoms in total. The molecule has 1 fully saturated rings. The molecule has 1 saturated carbocycles. The number of amides is 1. The van der Waals surface area contributed by atoms with E-state index in [0.717, 1.165) is 32.1 Å². The Morgan fingerprint density at radius 2 is 2.07 bits per heavy atom. The molecule has 0 saturated heterocycles. The average Bonchev–Trinajstić information content (AvgIpc) is 2.26. The van der Waals surface area contributed by atoms with Crippen molar-refractivity contribution in [2.75, 3.05) is 6.61 Å². The molecule has 88 valence electrons. The number of aliphatic hydroxyl groups is 1. The average molecular weight is 214 g/mol. The number of nitrogens with one attached hydrogen (secondary N) is 1. The van der Waals surface area contributed by atoms with Crippen molar-refractivity contribution < 1.29 is 9.90 Å². The Balaban J connectivity index is 2.50. The molecular formula is C11H22N2O2. The van der Waals surface area contributed by atoms with Gasteiger partial charge in [-0.15, -0.1) is 0 Å². The Morgan fingerprint density at radius 1 is 1.47 bits per heavy atom. The number of carbonyl (C=O) groups is 1. The molecule has 0 radical (unpaired) electrons. The quantitative estimate of drug-likeness (QED) is 0.639. The number of nitrogens with two attached hydrogens (primary N) is 1. The highest BCUT2D eigenvalue weighted by Crippen LogP contribution is 2.26. The van der Waals surface area contributed by atoms with Gasteiger partial charge in [0.2, 0.25) is 5.91 Å². The zero-order chi connectivity index (χ0) is 11.3. The van der Waals surface area contributed by atoms with Crippen LogP contribution < -0.4 is 11.1 Å². The summed E-state index contributed by atoms with van der Waals surface area (Å²) in [6.07, 6.45) is 5.49. The maximum Gasteiger partial charge on any atom is 0.240 e. The zero-order valence-corrected chi connectivity index (χ0v) is 9.46. The molecule has 1 rings (SSSR count). The van der Waals surface area contributed by atoms with Crippen LogP contribution in [0.3, 0.4) is 0 Å². The highest BCUT2D eigenvalue weighted by atomic mass is 16.3. The lowest BCUT2D eigenvalue weighted by atomic mass is 9.81. The van der Waals surface area contributed by atoms with Gasteiger partial charge in [0.25, 0.3) is 0 Å². The molecule has 0 unspecified atom stereocenters. The fourth-order valence-corrected chi connectivity index (χ4v) is 2.02. The van der Waals surface area contributed by atoms with Crippen molar-refractivity contribution in [3.8, 4) is 0 Å². The summed E-state index contributed by atoms with van der Waals surface area (Å²) in [5.74, 6) is -0.0944. The number of aliphatic hydroxyl groups excluding tert-OH is 1. The van der Waals surface area contributed by atoms with Crippen molar-refractivity contribution in [1.29, 1.82) is 0 Å². The molecule has 0 aromatic carbocycles. The van der Waals surface area contributed by atoms with Crippen molar-refractivity contribution >= 4 is 5.91 Å². The smallest absolute Gasteiger partial charge is 0.240 e. The van der Waals surface area contributed by atoms with Crippen LogP contribution in [0.15, 0.2) is 0 Å². The van der Waals surface area contributed by atoms with E-state index >= 15 is 0 Å². The van der Waals surface area contributed by atoms with Crippen molar-refractivity contribution in [3.63, 3.8) is 0 Å². The highest BCUT2D eigenvalue weighted by molar-refractivity contribution is 5.86. The van der Waals surface area contributed by atoms with E-state index in [2.05, 4.69) is 5.32 Å². The summed E-state index contributed by atoms with van der Waals surface area (Å²) in [5, 5.41) is 11.8. The largest absolute Gasteiger partial charge is 0.394 e. The third kappa shape index (κ3) is 3.18. The van der Waals surface area contributed by atoms with Gasteiger partial charge in [-0.25, -0.2) is 0 Å². The lowest BCUT2D eigenvalue weighted by Gasteiger charge is -2.33. The first-order valence-electron chi connectivity index (χ1n) is 5.83. The number of rotatable bonds is 4. The van der Waals surface area contributed by atoms with E-state index < -0.39 is 5.54 Å². The molecular weight excluding hydrogens is 192 g/mol. The van der Waals surface area contributed by atoms with Crippen LogP contribution in [-0.4, -0.2) is 29.2 Å². The standard InChI is InChI=1S/C11H22N2O2/c1-2-9(8-14)13-10(15)11(12)6-4-3-5-7-11/h9,14H,2-8,12H2,1H3,(H,13,15)/t9-/m1/s1. The van der Waals surface area contributed by atoms with E-state index in [0.29, 0.717) is 0 Å². The third-order valence-electron chi connectivity index (χ3n) is 3.25. The van der Waals surface area contributed by atoms with E-state index in [1.54, 1.807) is 0 Å². The highest BCUT2D eigenvalue weighted by Gasteiger charge is 2.35. The molecule has 0 aromatic heterocycles. The van der Waals surface area contributed by atoms with Gasteiger partial charge in [-0.3, -0.25) is 4.79 Å². The minimum absolute atomic E-state index is 0.0156. The van der Waals surface area contributed by atoms with Gasteiger partial charge in [-0.1, -0.05) is 26.2 Å². The normalized spacial score (nSPS) is 22.1. The lowest BCUT2D eigenvalue weighted by molar-refractivity contribution is -0.128. The van der Waals surface area contributed by atoms with Gasteiger partial charge in [0.1, 0.15) is 0 Å². The molecule has 4 heteroatoms. The van der Waals surface area contributed by atoms with Gasteiger partial charge < -0.3 is 16.2 Å². The summed E-state index contributed by atoms with van der Waals surface area (Å²) in [6.45, 7) is 1.92. The van der Waals surface area contributed by atoms with E-state index in [4.69, 9.17) is 10.8 Å². The van der Waals surface area contributed by atoms with Crippen LogP contribution >= 0.6 is 0 Å². The Bertz CT molecular complexity index is 209. The summed E-state index contributed by atoms with van der Waals surface area (Å²) in [7, 11) is 0. The van der Waals surface area contributed by atoms with Gasteiger partial charge >= 0.3 is 0 Å². The second-order valence-electron chi connectivity index (χ2n) is 4.48. The second kappa shape index (κ2) is 5.47. The lowest BCUT2D eigenvalue weighted by Crippen LogP contribution is -2.57. The molecule has 1 aliphatic carbocycles. The number of carbonyl (C=O) groups excluding carboxylic acids is 1. The zero-order valence-electron chi connectivity index (χ0n) is 9.46. The second-order valence-corrected chi connectivity index (χ2v) is 4.48. The number of hydrogen-bond acceptors (Lipinski definition) is 3. The molecule has 0 spiro atoms. The van der Waals surface area contributed by atoms with Crippen LogP contribution in [0.4, 0.5) is 0 Å².